The van der Waals surface area contributed by atoms with Gasteiger partial charge in [-0.15, -0.1) is 11.3 Å². The van der Waals surface area contributed by atoms with Crippen molar-refractivity contribution in [2.45, 2.75) is 4.21 Å². The maximum Gasteiger partial charge on any atom is 1.00 e. The minimum Gasteiger partial charge on any atom is -0.743 e. The molecule has 1 aromatic heterocycles. The molecule has 5 nitrogen and oxygen atoms in total. The summed E-state index contributed by atoms with van der Waals surface area (Å²) >= 11 is 5.80. The molecule has 72 valence electrons. The van der Waals surface area contributed by atoms with Crippen LogP contribution in [-0.2, 0) is 10.1 Å². The minimum atomic E-state index is -4.75. The van der Waals surface area contributed by atoms with E-state index in [0.29, 0.717) is 11.3 Å². The average molecular weight is 281 g/mol. The topological polar surface area (TPSA) is 94.5 Å². The third kappa shape index (κ3) is 3.54. The monoisotopic (exact) mass is 280 g/mol. The molecule has 0 fully saturated rings. The van der Waals surface area contributed by atoms with Crippen molar-refractivity contribution in [3.05, 3.63) is 16.0 Å². The zero-order valence-corrected chi connectivity index (χ0v) is 12.4. The fourth-order valence-corrected chi connectivity index (χ4v) is 2.86. The van der Waals surface area contributed by atoms with Crippen molar-refractivity contribution in [3.63, 3.8) is 0 Å². The van der Waals surface area contributed by atoms with Crippen molar-refractivity contribution in [1.29, 1.82) is 0 Å². The SMILES string of the molecule is O=C(O)c1cc(Cl)sc1S(=O)(=O)[O-].[K+]. The second-order valence-electron chi connectivity index (χ2n) is 2.01. The minimum absolute atomic E-state index is 0. The number of carboxylic acids is 1. The van der Waals surface area contributed by atoms with Crippen LogP contribution in [0, 0.1) is 0 Å². The predicted octanol–water partition coefficient (Wildman–Crippen LogP) is -1.99. The number of carbonyl (C=O) groups is 1. The van der Waals surface area contributed by atoms with E-state index < -0.39 is 25.9 Å². The van der Waals surface area contributed by atoms with Crippen LogP contribution in [-0.4, -0.2) is 24.0 Å². The predicted molar refractivity (Wildman–Crippen MR) is 44.3 cm³/mol. The Morgan fingerprint density at radius 3 is 2.36 bits per heavy atom. The third-order valence-electron chi connectivity index (χ3n) is 1.13. The molecule has 0 aliphatic rings. The average Bonchev–Trinajstić information content (AvgIpc) is 2.29. The van der Waals surface area contributed by atoms with Crippen LogP contribution in [0.2, 0.25) is 4.34 Å². The Morgan fingerprint density at radius 2 is 2.07 bits per heavy atom. The van der Waals surface area contributed by atoms with Crippen LogP contribution < -0.4 is 51.4 Å². The third-order valence-corrected chi connectivity index (χ3v) is 3.72. The molecule has 0 saturated carbocycles. The molecule has 0 amide bonds. The van der Waals surface area contributed by atoms with E-state index in [-0.39, 0.29) is 55.7 Å². The first-order chi connectivity index (χ1) is 5.82. The first kappa shape index (κ1) is 15.0. The van der Waals surface area contributed by atoms with Crippen LogP contribution >= 0.6 is 22.9 Å². The van der Waals surface area contributed by atoms with Crippen LogP contribution in [0.3, 0.4) is 0 Å². The maximum absolute atomic E-state index is 10.5. The molecule has 0 atom stereocenters. The van der Waals surface area contributed by atoms with E-state index in [1.807, 2.05) is 0 Å². The van der Waals surface area contributed by atoms with E-state index in [4.69, 9.17) is 16.7 Å². The molecule has 0 radical (unpaired) electrons. The van der Waals surface area contributed by atoms with E-state index in [1.165, 1.54) is 0 Å². The molecular weight excluding hydrogens is 279 g/mol. The largest absolute Gasteiger partial charge is 1.00 e. The van der Waals surface area contributed by atoms with Gasteiger partial charge < -0.3 is 9.66 Å². The molecule has 1 heterocycles. The van der Waals surface area contributed by atoms with Crippen molar-refractivity contribution in [1.82, 2.24) is 0 Å². The van der Waals surface area contributed by atoms with Crippen LogP contribution in [0.4, 0.5) is 0 Å². The Kier molecular flexibility index (Phi) is 5.76. The standard InChI is InChI=1S/C5H3ClO5S2.K/c6-3-1-2(4(7)8)5(12-3)13(9,10)11;/h1H,(H,7,8)(H,9,10,11);/q;+1/p-1. The Balaban J connectivity index is 0.00000169. The van der Waals surface area contributed by atoms with Crippen LogP contribution in [0.1, 0.15) is 10.4 Å². The first-order valence-corrected chi connectivity index (χ1v) is 5.41. The molecule has 0 spiro atoms. The van der Waals surface area contributed by atoms with Gasteiger partial charge in [0.2, 0.25) is 0 Å². The van der Waals surface area contributed by atoms with Gasteiger partial charge in [0.1, 0.15) is 14.3 Å². The molecule has 0 aromatic carbocycles. The summed E-state index contributed by atoms with van der Waals surface area (Å²) in [5, 5.41) is 8.49. The molecule has 0 aliphatic heterocycles. The van der Waals surface area contributed by atoms with E-state index >= 15 is 0 Å². The van der Waals surface area contributed by atoms with Crippen molar-refractivity contribution in [2.75, 3.05) is 0 Å². The summed E-state index contributed by atoms with van der Waals surface area (Å²) in [6.07, 6.45) is 0. The number of hydrogen-bond acceptors (Lipinski definition) is 5. The van der Waals surface area contributed by atoms with Crippen molar-refractivity contribution in [3.8, 4) is 0 Å². The van der Waals surface area contributed by atoms with Gasteiger partial charge in [0.15, 0.2) is 0 Å². The van der Waals surface area contributed by atoms with Crippen molar-refractivity contribution < 1.29 is 74.3 Å². The molecule has 14 heavy (non-hydrogen) atoms. The van der Waals surface area contributed by atoms with E-state index in [9.17, 15) is 17.8 Å². The first-order valence-electron chi connectivity index (χ1n) is 2.81. The second-order valence-corrected chi connectivity index (χ2v) is 5.27. The number of aromatic carboxylic acids is 1. The summed E-state index contributed by atoms with van der Waals surface area (Å²) in [5.74, 6) is -1.49. The fraction of sp³-hybridized carbons (Fsp3) is 0. The zero-order valence-electron chi connectivity index (χ0n) is 6.85. The van der Waals surface area contributed by atoms with Crippen LogP contribution in [0.25, 0.3) is 0 Å². The molecule has 1 aromatic rings. The summed E-state index contributed by atoms with van der Waals surface area (Å²) in [7, 11) is -4.75. The van der Waals surface area contributed by atoms with Gasteiger partial charge in [-0.1, -0.05) is 11.6 Å². The maximum atomic E-state index is 10.5. The van der Waals surface area contributed by atoms with Crippen LogP contribution in [0.15, 0.2) is 10.3 Å². The molecule has 1 rings (SSSR count). The summed E-state index contributed by atoms with van der Waals surface area (Å²) < 4.78 is 30.7. The molecular formula is C5H2ClKO5S2. The Hall–Kier alpha value is 1.01. The van der Waals surface area contributed by atoms with Gasteiger partial charge in [-0.2, -0.15) is 0 Å². The van der Waals surface area contributed by atoms with Gasteiger partial charge in [0.05, 0.1) is 9.90 Å². The number of halogens is 1. The summed E-state index contributed by atoms with van der Waals surface area (Å²) in [4.78, 5) is 10.4. The van der Waals surface area contributed by atoms with Gasteiger partial charge in [-0.05, 0) is 6.07 Å². The normalized spacial score (nSPS) is 10.7. The Bertz CT molecular complexity index is 451. The van der Waals surface area contributed by atoms with E-state index in [0.717, 1.165) is 6.07 Å². The summed E-state index contributed by atoms with van der Waals surface area (Å²) in [6, 6.07) is 0.930. The number of hydrogen-bond donors (Lipinski definition) is 1. The Labute approximate surface area is 131 Å². The molecule has 0 aliphatic carbocycles. The molecule has 0 saturated heterocycles. The van der Waals surface area contributed by atoms with Crippen molar-refractivity contribution in [2.24, 2.45) is 0 Å². The summed E-state index contributed by atoms with van der Waals surface area (Å²) in [6.45, 7) is 0. The van der Waals surface area contributed by atoms with Crippen LogP contribution in [0.5, 0.6) is 0 Å². The Morgan fingerprint density at radius 1 is 1.57 bits per heavy atom. The smallest absolute Gasteiger partial charge is 0.743 e. The number of rotatable bonds is 2. The quantitative estimate of drug-likeness (QED) is 0.500. The fourth-order valence-electron chi connectivity index (χ4n) is 0.680. The number of carboxylic acid groups (broad SMARTS) is 1. The number of thiophene rings is 1. The molecule has 0 unspecified atom stereocenters. The molecule has 0 bridgehead atoms. The van der Waals surface area contributed by atoms with E-state index in [2.05, 4.69) is 0 Å². The molecule has 1 N–H and O–H groups in total. The molecule has 9 heteroatoms. The van der Waals surface area contributed by atoms with Gasteiger partial charge in [0.25, 0.3) is 0 Å². The van der Waals surface area contributed by atoms with Crippen molar-refractivity contribution >= 4 is 39.0 Å². The summed E-state index contributed by atoms with van der Waals surface area (Å²) in [5.41, 5.74) is -0.579. The van der Waals surface area contributed by atoms with Gasteiger partial charge in [-0.25, -0.2) is 13.2 Å². The van der Waals surface area contributed by atoms with E-state index in [1.54, 1.807) is 0 Å². The zero-order chi connectivity index (χ0) is 10.2. The second kappa shape index (κ2) is 5.37. The van der Waals surface area contributed by atoms with Gasteiger partial charge in [-0.3, -0.25) is 0 Å². The van der Waals surface area contributed by atoms with Gasteiger partial charge >= 0.3 is 57.4 Å². The van der Waals surface area contributed by atoms with Gasteiger partial charge in [0, 0.05) is 0 Å².